The molecule has 2 aromatic carbocycles. The smallest absolute Gasteiger partial charge is 0.410 e. The van der Waals surface area contributed by atoms with Crippen molar-refractivity contribution in [2.75, 3.05) is 19.6 Å². The van der Waals surface area contributed by atoms with Crippen molar-refractivity contribution in [1.29, 1.82) is 0 Å². The highest BCUT2D eigenvalue weighted by atomic mass is 16.6. The number of amides is 2. The Morgan fingerprint density at radius 1 is 1.08 bits per heavy atom. The third-order valence-electron chi connectivity index (χ3n) is 7.14. The van der Waals surface area contributed by atoms with Gasteiger partial charge in [-0.15, -0.1) is 0 Å². The summed E-state index contributed by atoms with van der Waals surface area (Å²) in [4.78, 5) is 30.6. The van der Waals surface area contributed by atoms with Gasteiger partial charge in [0, 0.05) is 44.9 Å². The average Bonchev–Trinajstić information content (AvgIpc) is 2.88. The van der Waals surface area contributed by atoms with Crippen molar-refractivity contribution < 1.29 is 14.3 Å². The summed E-state index contributed by atoms with van der Waals surface area (Å²) < 4.78 is 5.72. The van der Waals surface area contributed by atoms with Crippen LogP contribution in [0, 0.1) is 6.92 Å². The minimum atomic E-state index is -0.530. The Hall–Kier alpha value is -3.67. The lowest BCUT2D eigenvalue weighted by molar-refractivity contribution is -0.118. The van der Waals surface area contributed by atoms with Crippen molar-refractivity contribution >= 4 is 12.0 Å². The molecule has 1 fully saturated rings. The summed E-state index contributed by atoms with van der Waals surface area (Å²) in [6.07, 6.45) is 5.12. The molecule has 0 spiro atoms. The van der Waals surface area contributed by atoms with Gasteiger partial charge in [0.05, 0.1) is 0 Å². The molecule has 1 saturated heterocycles. The van der Waals surface area contributed by atoms with Crippen LogP contribution in [-0.2, 0) is 16.0 Å². The van der Waals surface area contributed by atoms with Crippen LogP contribution in [0.2, 0.25) is 0 Å². The van der Waals surface area contributed by atoms with E-state index in [0.29, 0.717) is 19.6 Å². The zero-order valence-electron chi connectivity index (χ0n) is 23.2. The molecule has 0 radical (unpaired) electrons. The van der Waals surface area contributed by atoms with E-state index < -0.39 is 5.60 Å². The van der Waals surface area contributed by atoms with E-state index in [1.54, 1.807) is 13.1 Å². The van der Waals surface area contributed by atoms with Crippen LogP contribution in [0.1, 0.15) is 68.2 Å². The lowest BCUT2D eigenvalue weighted by Gasteiger charge is -2.40. The normalized spacial score (nSPS) is 17.7. The minimum absolute atomic E-state index is 0.0150. The number of hydrogen-bond donors (Lipinski definition) is 1. The quantitative estimate of drug-likeness (QED) is 0.423. The zero-order chi connectivity index (χ0) is 27.3. The molecule has 3 aromatic rings. The number of aromatic nitrogens is 1. The largest absolute Gasteiger partial charge is 0.444 e. The van der Waals surface area contributed by atoms with Crippen molar-refractivity contribution in [1.82, 2.24) is 15.2 Å². The van der Waals surface area contributed by atoms with Crippen molar-refractivity contribution in [3.8, 4) is 11.1 Å². The van der Waals surface area contributed by atoms with E-state index in [-0.39, 0.29) is 23.8 Å². The van der Waals surface area contributed by atoms with E-state index in [1.807, 2.05) is 44.0 Å². The lowest BCUT2D eigenvalue weighted by Crippen LogP contribution is -2.44. The molecule has 0 unspecified atom stereocenters. The van der Waals surface area contributed by atoms with Crippen LogP contribution >= 0.6 is 0 Å². The molecule has 2 amide bonds. The van der Waals surface area contributed by atoms with Crippen molar-refractivity contribution in [3.05, 3.63) is 89.2 Å². The monoisotopic (exact) mass is 513 g/mol. The number of nitrogens with one attached hydrogen (secondary N) is 1. The lowest BCUT2D eigenvalue weighted by atomic mass is 9.75. The Morgan fingerprint density at radius 2 is 1.87 bits per heavy atom. The van der Waals surface area contributed by atoms with Crippen molar-refractivity contribution in [2.45, 2.75) is 64.9 Å². The number of benzene rings is 2. The molecule has 1 aliphatic rings. The molecule has 1 aromatic heterocycles. The summed E-state index contributed by atoms with van der Waals surface area (Å²) >= 11 is 0. The van der Waals surface area contributed by atoms with E-state index in [0.717, 1.165) is 18.4 Å². The summed E-state index contributed by atoms with van der Waals surface area (Å²) in [5.74, 6) is 0.375. The molecule has 0 saturated carbocycles. The molecular weight excluding hydrogens is 474 g/mol. The molecule has 200 valence electrons. The van der Waals surface area contributed by atoms with Gasteiger partial charge >= 0.3 is 6.09 Å². The Morgan fingerprint density at radius 3 is 2.55 bits per heavy atom. The van der Waals surface area contributed by atoms with E-state index in [4.69, 9.17) is 4.74 Å². The molecule has 38 heavy (non-hydrogen) atoms. The molecule has 0 aliphatic carbocycles. The Balaban J connectivity index is 1.64. The average molecular weight is 514 g/mol. The van der Waals surface area contributed by atoms with Crippen LogP contribution in [0.4, 0.5) is 4.79 Å². The number of rotatable bonds is 6. The van der Waals surface area contributed by atoms with Gasteiger partial charge in [0.2, 0.25) is 5.91 Å². The van der Waals surface area contributed by atoms with Crippen LogP contribution in [0.15, 0.2) is 67.0 Å². The Bertz CT molecular complexity index is 1270. The maximum Gasteiger partial charge on any atom is 0.410 e. The third-order valence-corrected chi connectivity index (χ3v) is 7.14. The molecule has 6 heteroatoms. The Kier molecular flexibility index (Phi) is 8.50. The number of ether oxygens (including phenoxy) is 1. The maximum absolute atomic E-state index is 13.0. The highest BCUT2D eigenvalue weighted by Gasteiger charge is 2.36. The number of piperidine rings is 1. The summed E-state index contributed by atoms with van der Waals surface area (Å²) in [6, 6.07) is 19.1. The van der Waals surface area contributed by atoms with Gasteiger partial charge in [0.25, 0.3) is 0 Å². The van der Waals surface area contributed by atoms with Crippen LogP contribution < -0.4 is 5.32 Å². The third kappa shape index (κ3) is 6.80. The first-order valence-corrected chi connectivity index (χ1v) is 13.4. The number of carbonyl (C=O) groups excluding carboxylic acids is 2. The summed E-state index contributed by atoms with van der Waals surface area (Å²) in [7, 11) is 0. The second kappa shape index (κ2) is 11.8. The molecule has 0 bridgehead atoms. The van der Waals surface area contributed by atoms with Gasteiger partial charge in [-0.3, -0.25) is 9.78 Å². The van der Waals surface area contributed by atoms with Crippen LogP contribution in [-0.4, -0.2) is 47.1 Å². The SMILES string of the molecule is CC(=O)NCCc1ccccc1-c1ccc([C@H]2CN(C(=O)OC(C)(C)C)CC[C@@H]2c2cccnc2)c(C)c1. The second-order valence-electron chi connectivity index (χ2n) is 11.2. The summed E-state index contributed by atoms with van der Waals surface area (Å²) in [6.45, 7) is 11.3. The van der Waals surface area contributed by atoms with E-state index in [2.05, 4.69) is 59.7 Å². The van der Waals surface area contributed by atoms with Gasteiger partial charge in [-0.05, 0) is 85.9 Å². The predicted octanol–water partition coefficient (Wildman–Crippen LogP) is 6.24. The summed E-state index contributed by atoms with van der Waals surface area (Å²) in [5.41, 5.74) is 6.65. The fourth-order valence-electron chi connectivity index (χ4n) is 5.41. The molecule has 4 rings (SSSR count). The van der Waals surface area contributed by atoms with Gasteiger partial charge in [-0.25, -0.2) is 4.79 Å². The van der Waals surface area contributed by atoms with E-state index in [1.165, 1.54) is 27.8 Å². The number of hydrogen-bond acceptors (Lipinski definition) is 4. The first kappa shape index (κ1) is 27.4. The molecular formula is C32H39N3O3. The van der Waals surface area contributed by atoms with E-state index >= 15 is 0 Å². The zero-order valence-corrected chi connectivity index (χ0v) is 23.2. The minimum Gasteiger partial charge on any atom is -0.444 e. The molecule has 1 N–H and O–H groups in total. The van der Waals surface area contributed by atoms with E-state index in [9.17, 15) is 9.59 Å². The fraction of sp³-hybridized carbons (Fsp3) is 0.406. The number of aryl methyl sites for hydroxylation is 1. The Labute approximate surface area is 226 Å². The molecule has 6 nitrogen and oxygen atoms in total. The maximum atomic E-state index is 13.0. The van der Waals surface area contributed by atoms with Crippen LogP contribution in [0.3, 0.4) is 0 Å². The topological polar surface area (TPSA) is 71.5 Å². The van der Waals surface area contributed by atoms with Gasteiger partial charge in [0.15, 0.2) is 0 Å². The molecule has 2 heterocycles. The summed E-state index contributed by atoms with van der Waals surface area (Å²) in [5, 5.41) is 2.90. The predicted molar refractivity (Wildman–Crippen MR) is 151 cm³/mol. The number of pyridine rings is 1. The van der Waals surface area contributed by atoms with Crippen molar-refractivity contribution in [2.24, 2.45) is 0 Å². The number of nitrogens with zero attached hydrogens (tertiary/aromatic N) is 2. The molecule has 1 aliphatic heterocycles. The van der Waals surface area contributed by atoms with Gasteiger partial charge < -0.3 is 15.0 Å². The standard InChI is InChI=1S/C32H39N3O3/c1-22-19-25(28-11-7-6-9-24(28)14-17-34-23(2)36)12-13-27(22)30-21-35(31(37)38-32(3,4)5)18-15-29(30)26-10-8-16-33-20-26/h6-13,16,19-20,29-30H,14-15,17-18,21H2,1-5H3,(H,34,36)/t29-,30-/m1/s1. The van der Waals surface area contributed by atoms with Crippen LogP contribution in [0.5, 0.6) is 0 Å². The number of likely N-dealkylation sites (tertiary alicyclic amines) is 1. The van der Waals surface area contributed by atoms with Crippen molar-refractivity contribution in [3.63, 3.8) is 0 Å². The van der Waals surface area contributed by atoms with Gasteiger partial charge in [-0.2, -0.15) is 0 Å². The highest BCUT2D eigenvalue weighted by Crippen LogP contribution is 2.42. The second-order valence-corrected chi connectivity index (χ2v) is 11.2. The highest BCUT2D eigenvalue weighted by molar-refractivity contribution is 5.73. The first-order valence-electron chi connectivity index (χ1n) is 13.4. The van der Waals surface area contributed by atoms with Gasteiger partial charge in [0.1, 0.15) is 5.60 Å². The fourth-order valence-corrected chi connectivity index (χ4v) is 5.41. The van der Waals surface area contributed by atoms with Crippen LogP contribution in [0.25, 0.3) is 11.1 Å². The number of carbonyl (C=O) groups is 2. The first-order chi connectivity index (χ1) is 18.1. The van der Waals surface area contributed by atoms with Gasteiger partial charge in [-0.1, -0.05) is 48.5 Å². The molecule has 2 atom stereocenters.